The van der Waals surface area contributed by atoms with E-state index in [0.717, 1.165) is 12.1 Å². The van der Waals surface area contributed by atoms with E-state index in [9.17, 15) is 13.6 Å². The maximum absolute atomic E-state index is 13.1. The van der Waals surface area contributed by atoms with Crippen molar-refractivity contribution in [3.05, 3.63) is 64.2 Å². The van der Waals surface area contributed by atoms with Crippen LogP contribution in [0.5, 0.6) is 11.5 Å². The summed E-state index contributed by atoms with van der Waals surface area (Å²) in [6.07, 6.45) is 2.78. The van der Waals surface area contributed by atoms with Gasteiger partial charge < -0.3 is 9.47 Å². The molecule has 0 fully saturated rings. The predicted molar refractivity (Wildman–Crippen MR) is 82.2 cm³/mol. The Kier molecular flexibility index (Phi) is 4.30. The molecule has 0 saturated heterocycles. The molecule has 1 aliphatic rings. The molecule has 0 saturated carbocycles. The number of ketones is 1. The summed E-state index contributed by atoms with van der Waals surface area (Å²) < 4.78 is 36.9. The van der Waals surface area contributed by atoms with E-state index in [1.54, 1.807) is 12.1 Å². The van der Waals surface area contributed by atoms with Gasteiger partial charge in [0.1, 0.15) is 13.2 Å². The largest absolute Gasteiger partial charge is 0.486 e. The van der Waals surface area contributed by atoms with Gasteiger partial charge in [0.25, 0.3) is 0 Å². The first-order chi connectivity index (χ1) is 11.0. The van der Waals surface area contributed by atoms with Crippen molar-refractivity contribution in [1.29, 1.82) is 0 Å². The lowest BCUT2D eigenvalue weighted by Gasteiger charge is -2.19. The van der Waals surface area contributed by atoms with E-state index in [4.69, 9.17) is 21.1 Å². The van der Waals surface area contributed by atoms with Gasteiger partial charge in [-0.1, -0.05) is 17.7 Å². The zero-order valence-electron chi connectivity index (χ0n) is 11.8. The molecule has 0 bridgehead atoms. The lowest BCUT2D eigenvalue weighted by molar-refractivity contribution is 0.104. The molecular weight excluding hydrogens is 326 g/mol. The highest BCUT2D eigenvalue weighted by atomic mass is 35.5. The van der Waals surface area contributed by atoms with Gasteiger partial charge in [0, 0.05) is 5.56 Å². The minimum Gasteiger partial charge on any atom is -0.486 e. The summed E-state index contributed by atoms with van der Waals surface area (Å²) >= 11 is 6.10. The van der Waals surface area contributed by atoms with Crippen LogP contribution in [-0.2, 0) is 0 Å². The Morgan fingerprint density at radius 1 is 1.09 bits per heavy atom. The van der Waals surface area contributed by atoms with Crippen LogP contribution < -0.4 is 9.47 Å². The number of rotatable bonds is 3. The minimum atomic E-state index is -1.06. The average molecular weight is 337 g/mol. The topological polar surface area (TPSA) is 35.5 Å². The minimum absolute atomic E-state index is 0.0591. The maximum atomic E-state index is 13.1. The standard InChI is InChI=1S/C17H11ClF2O3/c18-12-7-10(8-16-17(12)23-6-5-22-16)1-4-15(21)11-2-3-13(19)14(20)9-11/h1-4,7-9H,5-6H2/b4-1+. The first-order valence-electron chi connectivity index (χ1n) is 6.81. The highest BCUT2D eigenvalue weighted by molar-refractivity contribution is 6.32. The number of carbonyl (C=O) groups excluding carboxylic acids is 1. The molecule has 0 amide bonds. The number of ether oxygens (including phenoxy) is 2. The molecule has 3 rings (SSSR count). The Labute approximate surface area is 136 Å². The van der Waals surface area contributed by atoms with Crippen molar-refractivity contribution in [1.82, 2.24) is 0 Å². The van der Waals surface area contributed by atoms with Gasteiger partial charge in [0.15, 0.2) is 28.9 Å². The molecule has 2 aromatic carbocycles. The molecule has 23 heavy (non-hydrogen) atoms. The van der Waals surface area contributed by atoms with Crippen molar-refractivity contribution < 1.29 is 23.0 Å². The van der Waals surface area contributed by atoms with E-state index in [1.807, 2.05) is 0 Å². The summed E-state index contributed by atoms with van der Waals surface area (Å²) in [6, 6.07) is 6.32. The molecule has 0 radical (unpaired) electrons. The molecule has 0 unspecified atom stereocenters. The zero-order chi connectivity index (χ0) is 16.4. The second-order valence-corrected chi connectivity index (χ2v) is 5.26. The number of carbonyl (C=O) groups is 1. The fraction of sp³-hybridized carbons (Fsp3) is 0.118. The van der Waals surface area contributed by atoms with Gasteiger partial charge in [-0.3, -0.25) is 4.79 Å². The molecule has 0 spiro atoms. The predicted octanol–water partition coefficient (Wildman–Crippen LogP) is 4.29. The third-order valence-electron chi connectivity index (χ3n) is 3.25. The van der Waals surface area contributed by atoms with E-state index >= 15 is 0 Å². The van der Waals surface area contributed by atoms with E-state index in [-0.39, 0.29) is 5.56 Å². The molecule has 0 aliphatic carbocycles. The van der Waals surface area contributed by atoms with Crippen LogP contribution in [0.3, 0.4) is 0 Å². The van der Waals surface area contributed by atoms with Crippen molar-refractivity contribution in [2.45, 2.75) is 0 Å². The lowest BCUT2D eigenvalue weighted by Crippen LogP contribution is -2.15. The molecule has 118 valence electrons. The molecule has 3 nitrogen and oxygen atoms in total. The highest BCUT2D eigenvalue weighted by Crippen LogP contribution is 2.38. The molecule has 6 heteroatoms. The van der Waals surface area contributed by atoms with E-state index < -0.39 is 17.4 Å². The van der Waals surface area contributed by atoms with E-state index in [2.05, 4.69) is 0 Å². The van der Waals surface area contributed by atoms with Crippen molar-refractivity contribution in [2.75, 3.05) is 13.2 Å². The summed E-state index contributed by atoms with van der Waals surface area (Å²) in [5.41, 5.74) is 0.693. The summed E-state index contributed by atoms with van der Waals surface area (Å²) in [6.45, 7) is 0.848. The maximum Gasteiger partial charge on any atom is 0.185 e. The second kappa shape index (κ2) is 6.38. The Hall–Kier alpha value is -2.40. The van der Waals surface area contributed by atoms with Gasteiger partial charge in [0.2, 0.25) is 0 Å². The molecule has 1 heterocycles. The number of hydrogen-bond acceptors (Lipinski definition) is 3. The monoisotopic (exact) mass is 336 g/mol. The third-order valence-corrected chi connectivity index (χ3v) is 3.53. The highest BCUT2D eigenvalue weighted by Gasteiger charge is 2.16. The van der Waals surface area contributed by atoms with Crippen molar-refractivity contribution in [3.63, 3.8) is 0 Å². The Bertz CT molecular complexity index is 803. The third kappa shape index (κ3) is 3.35. The number of hydrogen-bond donors (Lipinski definition) is 0. The first kappa shape index (κ1) is 15.5. The molecular formula is C17H11ClF2O3. The SMILES string of the molecule is O=C(/C=C/c1cc(Cl)c2c(c1)OCCO2)c1ccc(F)c(F)c1. The quantitative estimate of drug-likeness (QED) is 0.619. The number of halogens is 3. The van der Waals surface area contributed by atoms with Gasteiger partial charge in [-0.2, -0.15) is 0 Å². The number of fused-ring (bicyclic) bond motifs is 1. The number of allylic oxidation sites excluding steroid dienone is 1. The van der Waals surface area contributed by atoms with E-state index in [0.29, 0.717) is 35.3 Å². The fourth-order valence-corrected chi connectivity index (χ4v) is 2.42. The van der Waals surface area contributed by atoms with Gasteiger partial charge in [0.05, 0.1) is 5.02 Å². The second-order valence-electron chi connectivity index (χ2n) is 4.85. The summed E-state index contributed by atoms with van der Waals surface area (Å²) in [4.78, 5) is 12.0. The van der Waals surface area contributed by atoms with Crippen LogP contribution in [0, 0.1) is 11.6 Å². The fourth-order valence-electron chi connectivity index (χ4n) is 2.14. The molecule has 0 atom stereocenters. The lowest BCUT2D eigenvalue weighted by atomic mass is 10.1. The Morgan fingerprint density at radius 3 is 2.65 bits per heavy atom. The summed E-state index contributed by atoms with van der Waals surface area (Å²) in [5.74, 6) is -1.53. The normalized spacial score (nSPS) is 13.3. The molecule has 0 aromatic heterocycles. The van der Waals surface area contributed by atoms with Gasteiger partial charge in [-0.25, -0.2) is 8.78 Å². The smallest absolute Gasteiger partial charge is 0.185 e. The zero-order valence-corrected chi connectivity index (χ0v) is 12.6. The average Bonchev–Trinajstić information content (AvgIpc) is 2.55. The Morgan fingerprint density at radius 2 is 1.87 bits per heavy atom. The van der Waals surface area contributed by atoms with Crippen LogP contribution in [0.2, 0.25) is 5.02 Å². The Balaban J connectivity index is 1.83. The van der Waals surface area contributed by atoms with Crippen molar-refractivity contribution in [2.24, 2.45) is 0 Å². The van der Waals surface area contributed by atoms with Crippen LogP contribution in [0.15, 0.2) is 36.4 Å². The molecule has 2 aromatic rings. The van der Waals surface area contributed by atoms with Crippen molar-refractivity contribution in [3.8, 4) is 11.5 Å². The van der Waals surface area contributed by atoms with Gasteiger partial charge in [-0.05, 0) is 42.0 Å². The van der Waals surface area contributed by atoms with Gasteiger partial charge >= 0.3 is 0 Å². The van der Waals surface area contributed by atoms with Crippen LogP contribution in [0.4, 0.5) is 8.78 Å². The molecule has 0 N–H and O–H groups in total. The van der Waals surface area contributed by atoms with Crippen molar-refractivity contribution >= 4 is 23.5 Å². The van der Waals surface area contributed by atoms with E-state index in [1.165, 1.54) is 18.2 Å². The summed E-state index contributed by atoms with van der Waals surface area (Å²) in [5, 5.41) is 0.377. The van der Waals surface area contributed by atoms with Crippen LogP contribution >= 0.6 is 11.6 Å². The van der Waals surface area contributed by atoms with Crippen LogP contribution in [0.1, 0.15) is 15.9 Å². The van der Waals surface area contributed by atoms with Gasteiger partial charge in [-0.15, -0.1) is 0 Å². The van der Waals surface area contributed by atoms with Crippen LogP contribution in [0.25, 0.3) is 6.08 Å². The first-order valence-corrected chi connectivity index (χ1v) is 7.19. The summed E-state index contributed by atoms with van der Waals surface area (Å²) in [7, 11) is 0. The number of benzene rings is 2. The van der Waals surface area contributed by atoms with Crippen LogP contribution in [-0.4, -0.2) is 19.0 Å². The molecule has 1 aliphatic heterocycles.